The van der Waals surface area contributed by atoms with Crippen LogP contribution in [0.15, 0.2) is 48.7 Å². The average molecular weight is 295 g/mol. The third kappa shape index (κ3) is 4.31. The summed E-state index contributed by atoms with van der Waals surface area (Å²) in [4.78, 5) is 6.89. The zero-order valence-electron chi connectivity index (χ0n) is 13.3. The first-order chi connectivity index (χ1) is 10.8. The van der Waals surface area contributed by atoms with Gasteiger partial charge in [0.05, 0.1) is 0 Å². The van der Waals surface area contributed by atoms with E-state index in [2.05, 4.69) is 46.4 Å². The Morgan fingerprint density at radius 2 is 1.86 bits per heavy atom. The molecule has 0 spiro atoms. The minimum absolute atomic E-state index is 0.760. The van der Waals surface area contributed by atoms with E-state index in [1.807, 2.05) is 24.4 Å². The van der Waals surface area contributed by atoms with Crippen LogP contribution in [0.3, 0.4) is 0 Å². The van der Waals surface area contributed by atoms with E-state index in [0.717, 1.165) is 24.8 Å². The lowest BCUT2D eigenvalue weighted by Gasteiger charge is -2.32. The van der Waals surface area contributed by atoms with Crippen LogP contribution in [0.4, 0.5) is 5.82 Å². The van der Waals surface area contributed by atoms with Crippen LogP contribution in [0.2, 0.25) is 0 Å². The molecule has 0 radical (unpaired) electrons. The molecule has 0 unspecified atom stereocenters. The minimum atomic E-state index is 0.760. The zero-order chi connectivity index (χ0) is 15.2. The average Bonchev–Trinajstić information content (AvgIpc) is 2.57. The number of aryl methyl sites for hydroxylation is 1. The van der Waals surface area contributed by atoms with Crippen molar-refractivity contribution < 1.29 is 0 Å². The van der Waals surface area contributed by atoms with Crippen molar-refractivity contribution in [2.75, 3.05) is 25.0 Å². The molecular formula is C19H25N3. The maximum Gasteiger partial charge on any atom is 0.125 e. The second-order valence-electron chi connectivity index (χ2n) is 6.30. The monoisotopic (exact) mass is 295 g/mol. The van der Waals surface area contributed by atoms with Crippen molar-refractivity contribution in [2.24, 2.45) is 5.92 Å². The molecule has 0 saturated carbocycles. The van der Waals surface area contributed by atoms with Crippen LogP contribution in [-0.4, -0.2) is 29.5 Å². The quantitative estimate of drug-likeness (QED) is 0.911. The highest BCUT2D eigenvalue weighted by Gasteiger charge is 2.19. The summed E-state index contributed by atoms with van der Waals surface area (Å²) in [6, 6.07) is 14.9. The number of rotatable bonds is 5. The van der Waals surface area contributed by atoms with Crippen LogP contribution in [0, 0.1) is 12.8 Å². The smallest absolute Gasteiger partial charge is 0.125 e. The van der Waals surface area contributed by atoms with E-state index in [0.29, 0.717) is 0 Å². The van der Waals surface area contributed by atoms with E-state index in [1.165, 1.54) is 37.1 Å². The fourth-order valence-electron chi connectivity index (χ4n) is 3.02. The molecule has 1 aromatic heterocycles. The van der Waals surface area contributed by atoms with Crippen LogP contribution < -0.4 is 5.32 Å². The lowest BCUT2D eigenvalue weighted by molar-refractivity contribution is 0.182. The van der Waals surface area contributed by atoms with Gasteiger partial charge >= 0.3 is 0 Å². The first-order valence-corrected chi connectivity index (χ1v) is 8.22. The number of likely N-dealkylation sites (tertiary alicyclic amines) is 1. The standard InChI is InChI=1S/C19H25N3/c1-16-5-7-18(8-6-16)15-22-12-9-17(10-13-22)14-21-19-4-2-3-11-20-19/h2-8,11,17H,9-10,12-15H2,1H3,(H,20,21). The number of nitrogens with one attached hydrogen (secondary N) is 1. The summed E-state index contributed by atoms with van der Waals surface area (Å²) in [7, 11) is 0. The molecule has 3 nitrogen and oxygen atoms in total. The highest BCUT2D eigenvalue weighted by molar-refractivity contribution is 5.33. The second-order valence-corrected chi connectivity index (χ2v) is 6.30. The number of hydrogen-bond donors (Lipinski definition) is 1. The Labute approximate surface area is 133 Å². The van der Waals surface area contributed by atoms with Crippen LogP contribution >= 0.6 is 0 Å². The molecule has 0 bridgehead atoms. The molecule has 1 N–H and O–H groups in total. The summed E-state index contributed by atoms with van der Waals surface area (Å²) in [5.74, 6) is 1.75. The Balaban J connectivity index is 1.41. The maximum absolute atomic E-state index is 4.32. The predicted octanol–water partition coefficient (Wildman–Crippen LogP) is 3.71. The Morgan fingerprint density at radius 3 is 2.55 bits per heavy atom. The molecule has 2 heterocycles. The molecule has 3 heteroatoms. The van der Waals surface area contributed by atoms with Gasteiger partial charge in [-0.15, -0.1) is 0 Å². The minimum Gasteiger partial charge on any atom is -0.370 e. The predicted molar refractivity (Wildman–Crippen MR) is 91.9 cm³/mol. The molecule has 1 aromatic carbocycles. The number of anilines is 1. The van der Waals surface area contributed by atoms with E-state index >= 15 is 0 Å². The number of pyridine rings is 1. The zero-order valence-corrected chi connectivity index (χ0v) is 13.3. The largest absolute Gasteiger partial charge is 0.370 e. The van der Waals surface area contributed by atoms with Crippen molar-refractivity contribution in [1.82, 2.24) is 9.88 Å². The van der Waals surface area contributed by atoms with Gasteiger partial charge in [0.1, 0.15) is 5.82 Å². The van der Waals surface area contributed by atoms with E-state index < -0.39 is 0 Å². The molecule has 2 aromatic rings. The van der Waals surface area contributed by atoms with Crippen LogP contribution in [0.5, 0.6) is 0 Å². The van der Waals surface area contributed by atoms with Gasteiger partial charge < -0.3 is 5.32 Å². The Morgan fingerprint density at radius 1 is 1.09 bits per heavy atom. The van der Waals surface area contributed by atoms with Gasteiger partial charge in [-0.1, -0.05) is 35.9 Å². The van der Waals surface area contributed by atoms with Gasteiger partial charge in [0.15, 0.2) is 0 Å². The van der Waals surface area contributed by atoms with Gasteiger partial charge in [0, 0.05) is 19.3 Å². The molecule has 22 heavy (non-hydrogen) atoms. The fraction of sp³-hybridized carbons (Fsp3) is 0.421. The number of hydrogen-bond acceptors (Lipinski definition) is 3. The van der Waals surface area contributed by atoms with E-state index in [-0.39, 0.29) is 0 Å². The summed E-state index contributed by atoms with van der Waals surface area (Å²) in [6.45, 7) is 6.66. The third-order valence-corrected chi connectivity index (χ3v) is 4.47. The summed E-state index contributed by atoms with van der Waals surface area (Å²) in [5, 5.41) is 3.46. The summed E-state index contributed by atoms with van der Waals surface area (Å²) in [6.07, 6.45) is 4.38. The van der Waals surface area contributed by atoms with Crippen molar-refractivity contribution in [2.45, 2.75) is 26.3 Å². The highest BCUT2D eigenvalue weighted by atomic mass is 15.1. The molecule has 1 aliphatic heterocycles. The molecule has 0 atom stereocenters. The van der Waals surface area contributed by atoms with Gasteiger partial charge in [0.25, 0.3) is 0 Å². The molecule has 1 aliphatic rings. The molecule has 0 amide bonds. The number of piperidine rings is 1. The normalized spacial score (nSPS) is 16.6. The molecule has 1 saturated heterocycles. The Hall–Kier alpha value is -1.87. The molecule has 3 rings (SSSR count). The number of benzene rings is 1. The number of aromatic nitrogens is 1. The molecule has 116 valence electrons. The van der Waals surface area contributed by atoms with E-state index in [4.69, 9.17) is 0 Å². The molecular weight excluding hydrogens is 270 g/mol. The second kappa shape index (κ2) is 7.41. The van der Waals surface area contributed by atoms with Crippen molar-refractivity contribution >= 4 is 5.82 Å². The molecule has 1 fully saturated rings. The van der Waals surface area contributed by atoms with Gasteiger partial charge in [-0.25, -0.2) is 4.98 Å². The van der Waals surface area contributed by atoms with Crippen LogP contribution in [0.25, 0.3) is 0 Å². The summed E-state index contributed by atoms with van der Waals surface area (Å²) >= 11 is 0. The first-order valence-electron chi connectivity index (χ1n) is 8.22. The van der Waals surface area contributed by atoms with Crippen LogP contribution in [-0.2, 0) is 6.54 Å². The van der Waals surface area contributed by atoms with Crippen molar-refractivity contribution in [3.05, 3.63) is 59.8 Å². The van der Waals surface area contributed by atoms with E-state index in [9.17, 15) is 0 Å². The van der Waals surface area contributed by atoms with E-state index in [1.54, 1.807) is 0 Å². The highest BCUT2D eigenvalue weighted by Crippen LogP contribution is 2.19. The first kappa shape index (κ1) is 15.0. The lowest BCUT2D eigenvalue weighted by atomic mass is 9.96. The number of nitrogens with zero attached hydrogens (tertiary/aromatic N) is 2. The van der Waals surface area contributed by atoms with Crippen molar-refractivity contribution in [3.8, 4) is 0 Å². The van der Waals surface area contributed by atoms with Crippen molar-refractivity contribution in [3.63, 3.8) is 0 Å². The van der Waals surface area contributed by atoms with Crippen molar-refractivity contribution in [1.29, 1.82) is 0 Å². The van der Waals surface area contributed by atoms with Gasteiger partial charge in [-0.05, 0) is 56.5 Å². The topological polar surface area (TPSA) is 28.2 Å². The summed E-state index contributed by atoms with van der Waals surface area (Å²) in [5.41, 5.74) is 2.76. The van der Waals surface area contributed by atoms with Gasteiger partial charge in [-0.3, -0.25) is 4.90 Å². The van der Waals surface area contributed by atoms with Gasteiger partial charge in [-0.2, -0.15) is 0 Å². The summed E-state index contributed by atoms with van der Waals surface area (Å²) < 4.78 is 0. The maximum atomic E-state index is 4.32. The lowest BCUT2D eigenvalue weighted by Crippen LogP contribution is -2.35. The SMILES string of the molecule is Cc1ccc(CN2CCC(CNc3ccccn3)CC2)cc1. The Bertz CT molecular complexity index is 557. The van der Waals surface area contributed by atoms with Crippen LogP contribution in [0.1, 0.15) is 24.0 Å². The molecule has 0 aliphatic carbocycles. The van der Waals surface area contributed by atoms with Gasteiger partial charge in [0.2, 0.25) is 0 Å². The third-order valence-electron chi connectivity index (χ3n) is 4.47. The fourth-order valence-corrected chi connectivity index (χ4v) is 3.02. The Kier molecular flexibility index (Phi) is 5.07.